The molecule has 0 atom stereocenters. The number of hydrogen-bond acceptors (Lipinski definition) is 3. The van der Waals surface area contributed by atoms with E-state index in [0.29, 0.717) is 5.95 Å². The summed E-state index contributed by atoms with van der Waals surface area (Å²) >= 11 is 0. The quantitative estimate of drug-likeness (QED) is 0.779. The Labute approximate surface area is 120 Å². The molecular formula is C15H14N4O2. The van der Waals surface area contributed by atoms with Crippen LogP contribution >= 0.6 is 0 Å². The molecule has 2 heterocycles. The predicted molar refractivity (Wildman–Crippen MR) is 76.8 cm³/mol. The van der Waals surface area contributed by atoms with Crippen LogP contribution in [0.5, 0.6) is 0 Å². The second-order valence-electron chi connectivity index (χ2n) is 5.30. The minimum atomic E-state index is -0.967. The molecule has 1 aliphatic rings. The number of aromatic carboxylic acids is 1. The monoisotopic (exact) mass is 282 g/mol. The average Bonchev–Trinajstić information content (AvgIpc) is 3.13. The Balaban J connectivity index is 1.99. The largest absolute Gasteiger partial charge is 0.476 e. The van der Waals surface area contributed by atoms with Crippen molar-refractivity contribution >= 4 is 17.0 Å². The maximum Gasteiger partial charge on any atom is 0.356 e. The molecule has 3 aromatic rings. The topological polar surface area (TPSA) is 72.9 Å². The molecule has 0 aliphatic heterocycles. The third kappa shape index (κ3) is 1.62. The van der Waals surface area contributed by atoms with Crippen molar-refractivity contribution in [1.82, 2.24) is 19.3 Å². The van der Waals surface area contributed by atoms with Crippen molar-refractivity contribution in [3.05, 3.63) is 41.2 Å². The van der Waals surface area contributed by atoms with Crippen LogP contribution in [0.25, 0.3) is 17.0 Å². The van der Waals surface area contributed by atoms with E-state index in [1.54, 1.807) is 4.68 Å². The third-order valence-corrected chi connectivity index (χ3v) is 4.09. The molecule has 2 aromatic heterocycles. The first-order chi connectivity index (χ1) is 10.2. The first kappa shape index (κ1) is 12.1. The molecule has 6 heteroatoms. The molecular weight excluding hydrogens is 268 g/mol. The van der Waals surface area contributed by atoms with E-state index in [9.17, 15) is 9.90 Å². The Hall–Kier alpha value is -2.63. The lowest BCUT2D eigenvalue weighted by Gasteiger charge is -2.05. The highest BCUT2D eigenvalue weighted by Gasteiger charge is 2.28. The Morgan fingerprint density at radius 1 is 1.29 bits per heavy atom. The van der Waals surface area contributed by atoms with Gasteiger partial charge in [0.25, 0.3) is 0 Å². The highest BCUT2D eigenvalue weighted by atomic mass is 16.4. The van der Waals surface area contributed by atoms with Crippen LogP contribution in [-0.4, -0.2) is 30.4 Å². The number of nitrogens with zero attached hydrogens (tertiary/aromatic N) is 4. The number of fused-ring (bicyclic) bond motifs is 2. The van der Waals surface area contributed by atoms with Gasteiger partial charge in [-0.2, -0.15) is 5.10 Å². The van der Waals surface area contributed by atoms with Crippen molar-refractivity contribution in [1.29, 1.82) is 0 Å². The van der Waals surface area contributed by atoms with Gasteiger partial charge in [0, 0.05) is 12.6 Å². The molecule has 0 radical (unpaired) electrons. The van der Waals surface area contributed by atoms with Crippen LogP contribution in [0.2, 0.25) is 0 Å². The van der Waals surface area contributed by atoms with Gasteiger partial charge in [-0.05, 0) is 31.4 Å². The molecule has 6 nitrogen and oxygen atoms in total. The van der Waals surface area contributed by atoms with Crippen LogP contribution in [-0.2, 0) is 19.9 Å². The van der Waals surface area contributed by atoms with Gasteiger partial charge in [-0.1, -0.05) is 12.1 Å². The van der Waals surface area contributed by atoms with E-state index in [4.69, 9.17) is 0 Å². The standard InChI is InChI=1S/C15H14N4O2/c1-18-12-7-3-2-6-10(12)16-15(18)19-11-8-4-5-9(11)13(17-19)14(20)21/h2-3,6-7H,4-5,8H2,1H3,(H,20,21). The minimum absolute atomic E-state index is 0.162. The molecule has 0 amide bonds. The number of carboxylic acid groups (broad SMARTS) is 1. The summed E-state index contributed by atoms with van der Waals surface area (Å²) in [5.41, 5.74) is 3.88. The van der Waals surface area contributed by atoms with Gasteiger partial charge in [-0.25, -0.2) is 14.5 Å². The highest BCUT2D eigenvalue weighted by Crippen LogP contribution is 2.28. The molecule has 0 saturated heterocycles. The van der Waals surface area contributed by atoms with E-state index in [1.165, 1.54) is 0 Å². The van der Waals surface area contributed by atoms with Crippen LogP contribution in [0.4, 0.5) is 0 Å². The second kappa shape index (κ2) is 4.18. The lowest BCUT2D eigenvalue weighted by molar-refractivity contribution is 0.0689. The molecule has 0 spiro atoms. The summed E-state index contributed by atoms with van der Waals surface area (Å²) in [5, 5.41) is 13.6. The van der Waals surface area contributed by atoms with Gasteiger partial charge in [0.1, 0.15) is 0 Å². The maximum absolute atomic E-state index is 11.4. The molecule has 0 saturated carbocycles. The van der Waals surface area contributed by atoms with Gasteiger partial charge in [-0.3, -0.25) is 0 Å². The number of aryl methyl sites for hydroxylation is 1. The van der Waals surface area contributed by atoms with Crippen molar-refractivity contribution in [2.75, 3.05) is 0 Å². The number of para-hydroxylation sites is 2. The number of aromatic nitrogens is 4. The summed E-state index contributed by atoms with van der Waals surface area (Å²) in [4.78, 5) is 16.0. The fourth-order valence-corrected chi connectivity index (χ4v) is 3.10. The summed E-state index contributed by atoms with van der Waals surface area (Å²) < 4.78 is 3.65. The average molecular weight is 282 g/mol. The van der Waals surface area contributed by atoms with E-state index >= 15 is 0 Å². The van der Waals surface area contributed by atoms with Crippen molar-refractivity contribution in [3.8, 4) is 5.95 Å². The zero-order valence-electron chi connectivity index (χ0n) is 11.6. The zero-order chi connectivity index (χ0) is 14.6. The van der Waals surface area contributed by atoms with E-state index in [2.05, 4.69) is 10.1 Å². The van der Waals surface area contributed by atoms with E-state index in [0.717, 1.165) is 41.6 Å². The number of carboxylic acids is 1. The fraction of sp³-hybridized carbons (Fsp3) is 0.267. The van der Waals surface area contributed by atoms with Crippen molar-refractivity contribution in [2.24, 2.45) is 7.05 Å². The van der Waals surface area contributed by atoms with Crippen LogP contribution in [0.3, 0.4) is 0 Å². The molecule has 0 unspecified atom stereocenters. The molecule has 4 rings (SSSR count). The lowest BCUT2D eigenvalue weighted by Crippen LogP contribution is -2.09. The number of hydrogen-bond donors (Lipinski definition) is 1. The SMILES string of the molecule is Cn1c(-n2nc(C(=O)O)c3c2CCC3)nc2ccccc21. The zero-order valence-corrected chi connectivity index (χ0v) is 11.6. The smallest absolute Gasteiger partial charge is 0.356 e. The summed E-state index contributed by atoms with van der Waals surface area (Å²) in [5.74, 6) is -0.299. The fourth-order valence-electron chi connectivity index (χ4n) is 3.10. The predicted octanol–water partition coefficient (Wildman–Crippen LogP) is 1.95. The summed E-state index contributed by atoms with van der Waals surface area (Å²) in [6.07, 6.45) is 2.59. The van der Waals surface area contributed by atoms with Gasteiger partial charge in [-0.15, -0.1) is 0 Å². The molecule has 0 fully saturated rings. The molecule has 106 valence electrons. The first-order valence-electron chi connectivity index (χ1n) is 6.92. The van der Waals surface area contributed by atoms with Gasteiger partial charge in [0.05, 0.1) is 16.7 Å². The number of rotatable bonds is 2. The van der Waals surface area contributed by atoms with Crippen molar-refractivity contribution < 1.29 is 9.90 Å². The summed E-state index contributed by atoms with van der Waals surface area (Å²) in [7, 11) is 1.92. The second-order valence-corrected chi connectivity index (χ2v) is 5.30. The normalized spacial score (nSPS) is 13.8. The molecule has 0 bridgehead atoms. The van der Waals surface area contributed by atoms with E-state index in [-0.39, 0.29) is 5.69 Å². The van der Waals surface area contributed by atoms with Gasteiger partial charge in [0.2, 0.25) is 5.95 Å². The van der Waals surface area contributed by atoms with Crippen LogP contribution in [0.15, 0.2) is 24.3 Å². The Morgan fingerprint density at radius 2 is 2.10 bits per heavy atom. The number of imidazole rings is 1. The molecule has 21 heavy (non-hydrogen) atoms. The van der Waals surface area contributed by atoms with Gasteiger partial charge >= 0.3 is 5.97 Å². The van der Waals surface area contributed by atoms with Crippen molar-refractivity contribution in [2.45, 2.75) is 19.3 Å². The summed E-state index contributed by atoms with van der Waals surface area (Å²) in [6, 6.07) is 7.84. The maximum atomic E-state index is 11.4. The minimum Gasteiger partial charge on any atom is -0.476 e. The Morgan fingerprint density at radius 3 is 2.86 bits per heavy atom. The Bertz CT molecular complexity index is 875. The third-order valence-electron chi connectivity index (χ3n) is 4.09. The van der Waals surface area contributed by atoms with Gasteiger partial charge in [0.15, 0.2) is 5.69 Å². The molecule has 1 N–H and O–H groups in total. The van der Waals surface area contributed by atoms with Gasteiger partial charge < -0.3 is 9.67 Å². The Kier molecular flexibility index (Phi) is 2.42. The first-order valence-corrected chi connectivity index (χ1v) is 6.92. The number of carbonyl (C=O) groups is 1. The molecule has 1 aliphatic carbocycles. The van der Waals surface area contributed by atoms with E-state index < -0.39 is 5.97 Å². The van der Waals surface area contributed by atoms with Crippen LogP contribution < -0.4 is 0 Å². The molecule has 1 aromatic carbocycles. The van der Waals surface area contributed by atoms with Crippen LogP contribution in [0.1, 0.15) is 28.2 Å². The lowest BCUT2D eigenvalue weighted by atomic mass is 10.2. The van der Waals surface area contributed by atoms with Crippen LogP contribution in [0, 0.1) is 0 Å². The summed E-state index contributed by atoms with van der Waals surface area (Å²) in [6.45, 7) is 0. The van der Waals surface area contributed by atoms with E-state index in [1.807, 2.05) is 35.9 Å². The van der Waals surface area contributed by atoms with Crippen molar-refractivity contribution in [3.63, 3.8) is 0 Å². The number of benzene rings is 1. The highest BCUT2D eigenvalue weighted by molar-refractivity contribution is 5.88.